The molecular weight excluding hydrogens is 150 g/mol. The van der Waals surface area contributed by atoms with E-state index in [0.717, 1.165) is 5.56 Å². The number of benzene rings is 1. The molecule has 0 bridgehead atoms. The van der Waals surface area contributed by atoms with Gasteiger partial charge in [0.2, 0.25) is 5.91 Å². The number of nitrogens with one attached hydrogen (secondary N) is 1. The van der Waals surface area contributed by atoms with Crippen molar-refractivity contribution in [2.75, 3.05) is 0 Å². The summed E-state index contributed by atoms with van der Waals surface area (Å²) in [5, 5.41) is 0. The van der Waals surface area contributed by atoms with E-state index in [-0.39, 0.29) is 5.92 Å². The van der Waals surface area contributed by atoms with Crippen molar-refractivity contribution >= 4 is 5.91 Å². The van der Waals surface area contributed by atoms with Crippen molar-refractivity contribution in [2.45, 2.75) is 19.3 Å². The topological polar surface area (TPSA) is 40.9 Å². The lowest BCUT2D eigenvalue weighted by atomic mass is 9.98. The zero-order valence-corrected chi connectivity index (χ0v) is 7.08. The molecule has 0 aromatic heterocycles. The van der Waals surface area contributed by atoms with E-state index in [0.29, 0.717) is 6.42 Å². The molecule has 1 amide bonds. The first-order valence-electron chi connectivity index (χ1n) is 3.99. The van der Waals surface area contributed by atoms with Gasteiger partial charge in [0.05, 0.1) is 0 Å². The van der Waals surface area contributed by atoms with E-state index in [4.69, 9.17) is 5.73 Å². The smallest absolute Gasteiger partial charge is 0.238 e. The highest BCUT2D eigenvalue weighted by atomic mass is 16.1. The van der Waals surface area contributed by atoms with Crippen LogP contribution in [-0.2, 0) is 4.79 Å². The van der Waals surface area contributed by atoms with Crippen molar-refractivity contribution in [3.63, 3.8) is 0 Å². The highest BCUT2D eigenvalue weighted by molar-refractivity contribution is 5.73. The molecule has 0 aliphatic carbocycles. The minimum absolute atomic E-state index is 0.163. The van der Waals surface area contributed by atoms with E-state index in [1.165, 1.54) is 0 Å². The quantitative estimate of drug-likeness (QED) is 0.670. The molecule has 0 saturated heterocycles. The molecule has 0 aliphatic rings. The third-order valence-corrected chi connectivity index (χ3v) is 1.86. The predicted molar refractivity (Wildman–Crippen MR) is 47.6 cm³/mol. The minimum atomic E-state index is -0.494. The number of hydrogen-bond donors (Lipinski definition) is 0. The number of amides is 1. The molecule has 63 valence electrons. The van der Waals surface area contributed by atoms with E-state index >= 15 is 0 Å². The van der Waals surface area contributed by atoms with Crippen molar-refractivity contribution < 1.29 is 4.79 Å². The Morgan fingerprint density at radius 3 is 2.50 bits per heavy atom. The summed E-state index contributed by atoms with van der Waals surface area (Å²) >= 11 is 0. The average molecular weight is 162 g/mol. The summed E-state index contributed by atoms with van der Waals surface area (Å²) in [6.45, 7) is 1.96. The molecular formula is C10H12NO. The van der Waals surface area contributed by atoms with Crippen molar-refractivity contribution in [1.82, 2.24) is 5.73 Å². The molecule has 2 heteroatoms. The lowest BCUT2D eigenvalue weighted by Crippen LogP contribution is -2.04. The van der Waals surface area contributed by atoms with Crippen LogP contribution < -0.4 is 5.73 Å². The van der Waals surface area contributed by atoms with Gasteiger partial charge in [-0.25, -0.2) is 0 Å². The fourth-order valence-corrected chi connectivity index (χ4v) is 1.18. The molecule has 1 N–H and O–H groups in total. The van der Waals surface area contributed by atoms with Crippen LogP contribution in [0.4, 0.5) is 0 Å². The first kappa shape index (κ1) is 8.78. The first-order valence-corrected chi connectivity index (χ1v) is 3.99. The fourth-order valence-electron chi connectivity index (χ4n) is 1.18. The minimum Gasteiger partial charge on any atom is -0.273 e. The van der Waals surface area contributed by atoms with Crippen LogP contribution in [0.5, 0.6) is 0 Å². The Kier molecular flexibility index (Phi) is 2.86. The monoisotopic (exact) mass is 162 g/mol. The number of carbonyl (C=O) groups excluding carboxylic acids is 1. The summed E-state index contributed by atoms with van der Waals surface area (Å²) in [6, 6.07) is 9.79. The maximum absolute atomic E-state index is 10.5. The Labute approximate surface area is 72.4 Å². The molecule has 1 unspecified atom stereocenters. The highest BCUT2D eigenvalue weighted by Crippen LogP contribution is 2.17. The molecule has 0 fully saturated rings. The Morgan fingerprint density at radius 2 is 2.00 bits per heavy atom. The number of hydrogen-bond acceptors (Lipinski definition) is 1. The van der Waals surface area contributed by atoms with E-state index in [2.05, 4.69) is 0 Å². The largest absolute Gasteiger partial charge is 0.273 e. The van der Waals surface area contributed by atoms with Crippen molar-refractivity contribution in [2.24, 2.45) is 0 Å². The molecule has 2 nitrogen and oxygen atoms in total. The molecule has 0 spiro atoms. The van der Waals surface area contributed by atoms with Crippen LogP contribution in [-0.4, -0.2) is 5.91 Å². The maximum Gasteiger partial charge on any atom is 0.238 e. The van der Waals surface area contributed by atoms with Gasteiger partial charge in [0.1, 0.15) is 0 Å². The number of rotatable bonds is 3. The van der Waals surface area contributed by atoms with Crippen molar-refractivity contribution in [3.8, 4) is 0 Å². The van der Waals surface area contributed by atoms with E-state index in [9.17, 15) is 4.79 Å². The van der Waals surface area contributed by atoms with Gasteiger partial charge < -0.3 is 0 Å². The molecule has 1 atom stereocenters. The molecule has 1 aromatic carbocycles. The SMILES string of the molecule is CC(CC([NH])=O)c1ccccc1. The lowest BCUT2D eigenvalue weighted by Gasteiger charge is -2.07. The zero-order valence-electron chi connectivity index (χ0n) is 7.08. The lowest BCUT2D eigenvalue weighted by molar-refractivity contribution is -0.118. The Hall–Kier alpha value is -1.31. The fraction of sp³-hybridized carbons (Fsp3) is 0.300. The molecule has 0 heterocycles. The standard InChI is InChI=1S/C10H12NO/c1-8(7-10(11)12)9-5-3-2-4-6-9/h2-6,8,11H,7H2,1H3. The predicted octanol–water partition coefficient (Wildman–Crippen LogP) is 1.99. The van der Waals surface area contributed by atoms with Crippen LogP contribution >= 0.6 is 0 Å². The van der Waals surface area contributed by atoms with Gasteiger partial charge in [-0.05, 0) is 11.5 Å². The molecule has 12 heavy (non-hydrogen) atoms. The van der Waals surface area contributed by atoms with E-state index in [1.54, 1.807) is 0 Å². The van der Waals surface area contributed by atoms with Crippen molar-refractivity contribution in [1.29, 1.82) is 0 Å². The Balaban J connectivity index is 2.65. The van der Waals surface area contributed by atoms with Crippen LogP contribution in [0.1, 0.15) is 24.8 Å². The summed E-state index contributed by atoms with van der Waals surface area (Å²) in [5.74, 6) is -0.331. The van der Waals surface area contributed by atoms with Crippen LogP contribution in [0.2, 0.25) is 0 Å². The van der Waals surface area contributed by atoms with Crippen LogP contribution in [0.3, 0.4) is 0 Å². The molecule has 0 aliphatic heterocycles. The van der Waals surface area contributed by atoms with E-state index in [1.807, 2.05) is 37.3 Å². The molecule has 1 rings (SSSR count). The average Bonchev–Trinajstić information content (AvgIpc) is 2.05. The maximum atomic E-state index is 10.5. The zero-order chi connectivity index (χ0) is 8.97. The van der Waals surface area contributed by atoms with E-state index < -0.39 is 5.91 Å². The summed E-state index contributed by atoms with van der Waals surface area (Å²) in [4.78, 5) is 10.5. The van der Waals surface area contributed by atoms with Gasteiger partial charge in [-0.1, -0.05) is 37.3 Å². The van der Waals surface area contributed by atoms with Gasteiger partial charge in [-0.2, -0.15) is 0 Å². The third kappa shape index (κ3) is 2.38. The van der Waals surface area contributed by atoms with Crippen LogP contribution in [0.25, 0.3) is 0 Å². The van der Waals surface area contributed by atoms with Gasteiger partial charge in [0.15, 0.2) is 0 Å². The second kappa shape index (κ2) is 3.90. The van der Waals surface area contributed by atoms with Gasteiger partial charge in [-0.15, -0.1) is 0 Å². The molecule has 1 radical (unpaired) electrons. The van der Waals surface area contributed by atoms with Crippen LogP contribution in [0.15, 0.2) is 30.3 Å². The third-order valence-electron chi connectivity index (χ3n) is 1.86. The van der Waals surface area contributed by atoms with Gasteiger partial charge >= 0.3 is 0 Å². The number of carbonyl (C=O) groups is 1. The van der Waals surface area contributed by atoms with Gasteiger partial charge in [0.25, 0.3) is 0 Å². The Bertz CT molecular complexity index is 256. The summed E-state index contributed by atoms with van der Waals surface area (Å²) < 4.78 is 0. The first-order chi connectivity index (χ1) is 5.70. The van der Waals surface area contributed by atoms with Gasteiger partial charge in [0, 0.05) is 6.42 Å². The summed E-state index contributed by atoms with van der Waals surface area (Å²) in [7, 11) is 0. The normalized spacial score (nSPS) is 12.4. The Morgan fingerprint density at radius 1 is 1.42 bits per heavy atom. The highest BCUT2D eigenvalue weighted by Gasteiger charge is 2.07. The summed E-state index contributed by atoms with van der Waals surface area (Å²) in [6.07, 6.45) is 0.310. The van der Waals surface area contributed by atoms with Crippen LogP contribution in [0, 0.1) is 0 Å². The van der Waals surface area contributed by atoms with Crippen molar-refractivity contribution in [3.05, 3.63) is 35.9 Å². The summed E-state index contributed by atoms with van der Waals surface area (Å²) in [5.41, 5.74) is 7.94. The van der Waals surface area contributed by atoms with Gasteiger partial charge in [-0.3, -0.25) is 10.5 Å². The second-order valence-corrected chi connectivity index (χ2v) is 2.94. The molecule has 1 aromatic rings. The molecule has 0 saturated carbocycles. The second-order valence-electron chi connectivity index (χ2n) is 2.94.